The first-order chi connectivity index (χ1) is 9.15. The van der Waals surface area contributed by atoms with Crippen LogP contribution in [0.4, 0.5) is 0 Å². The molecule has 1 heterocycles. The maximum Gasteiger partial charge on any atom is 0.231 e. The lowest BCUT2D eigenvalue weighted by atomic mass is 9.81. The van der Waals surface area contributed by atoms with Crippen molar-refractivity contribution in [3.8, 4) is 11.5 Å². The lowest BCUT2D eigenvalue weighted by Crippen LogP contribution is -2.30. The predicted octanol–water partition coefficient (Wildman–Crippen LogP) is 2.42. The van der Waals surface area contributed by atoms with E-state index >= 15 is 0 Å². The fourth-order valence-corrected chi connectivity index (χ4v) is 2.91. The van der Waals surface area contributed by atoms with E-state index in [1.165, 1.54) is 0 Å². The van der Waals surface area contributed by atoms with E-state index in [1.807, 2.05) is 19.1 Å². The molecule has 1 fully saturated rings. The summed E-state index contributed by atoms with van der Waals surface area (Å²) in [5.74, 6) is 1.75. The topological polar surface area (TPSA) is 61.6 Å². The second-order valence-electron chi connectivity index (χ2n) is 5.50. The molecule has 1 saturated carbocycles. The van der Waals surface area contributed by atoms with Crippen molar-refractivity contribution in [2.24, 2.45) is 11.7 Å². The number of ether oxygens (including phenoxy) is 2. The first-order valence-electron chi connectivity index (χ1n) is 6.85. The van der Waals surface area contributed by atoms with Gasteiger partial charge in [0.25, 0.3) is 0 Å². The summed E-state index contributed by atoms with van der Waals surface area (Å²) in [5, 5.41) is 0. The van der Waals surface area contributed by atoms with Crippen molar-refractivity contribution in [3.05, 3.63) is 23.3 Å². The summed E-state index contributed by atoms with van der Waals surface area (Å²) < 4.78 is 10.7. The molecule has 0 spiro atoms. The van der Waals surface area contributed by atoms with Gasteiger partial charge in [-0.2, -0.15) is 0 Å². The van der Waals surface area contributed by atoms with Gasteiger partial charge in [-0.1, -0.05) is 0 Å². The fraction of sp³-hybridized carbons (Fsp3) is 0.533. The van der Waals surface area contributed by atoms with E-state index in [1.54, 1.807) is 0 Å². The second kappa shape index (κ2) is 4.85. The number of hydrogen-bond donors (Lipinski definition) is 1. The number of hydrogen-bond acceptors (Lipinski definition) is 4. The Bertz CT molecular complexity index is 504. The van der Waals surface area contributed by atoms with Gasteiger partial charge in [0.05, 0.1) is 0 Å². The Morgan fingerprint density at radius 2 is 1.79 bits per heavy atom. The number of nitrogens with two attached hydrogens (primary N) is 1. The van der Waals surface area contributed by atoms with Gasteiger partial charge in [0, 0.05) is 17.5 Å². The van der Waals surface area contributed by atoms with E-state index in [0.717, 1.165) is 42.6 Å². The molecular weight excluding hydrogens is 242 g/mol. The molecular formula is C15H19NO3. The summed E-state index contributed by atoms with van der Waals surface area (Å²) in [6.45, 7) is 2.19. The Hall–Kier alpha value is -1.55. The SMILES string of the molecule is Cc1cc2c(cc1C(=O)C1CCC(N)CC1)OCO2. The minimum absolute atomic E-state index is 0.110. The highest BCUT2D eigenvalue weighted by atomic mass is 16.7. The molecule has 1 aromatic rings. The average Bonchev–Trinajstić information content (AvgIpc) is 2.85. The molecule has 0 saturated heterocycles. The second-order valence-corrected chi connectivity index (χ2v) is 5.50. The molecule has 102 valence electrons. The number of benzene rings is 1. The highest BCUT2D eigenvalue weighted by Crippen LogP contribution is 2.36. The molecule has 1 aliphatic heterocycles. The molecule has 1 aromatic carbocycles. The van der Waals surface area contributed by atoms with Gasteiger partial charge in [0.15, 0.2) is 17.3 Å². The molecule has 1 aliphatic carbocycles. The molecule has 0 unspecified atom stereocenters. The van der Waals surface area contributed by atoms with Crippen LogP contribution in [0.25, 0.3) is 0 Å². The molecule has 19 heavy (non-hydrogen) atoms. The van der Waals surface area contributed by atoms with Gasteiger partial charge in [0.1, 0.15) is 0 Å². The summed E-state index contributed by atoms with van der Waals surface area (Å²) in [4.78, 5) is 12.6. The van der Waals surface area contributed by atoms with Gasteiger partial charge in [-0.15, -0.1) is 0 Å². The summed E-state index contributed by atoms with van der Waals surface area (Å²) in [6, 6.07) is 3.99. The Morgan fingerprint density at radius 3 is 2.47 bits per heavy atom. The van der Waals surface area contributed by atoms with Crippen molar-refractivity contribution in [1.82, 2.24) is 0 Å². The van der Waals surface area contributed by atoms with Crippen LogP contribution in [0.3, 0.4) is 0 Å². The Morgan fingerprint density at radius 1 is 1.16 bits per heavy atom. The van der Waals surface area contributed by atoms with Gasteiger partial charge in [-0.05, 0) is 50.3 Å². The highest BCUT2D eigenvalue weighted by molar-refractivity contribution is 5.99. The summed E-state index contributed by atoms with van der Waals surface area (Å²) >= 11 is 0. The first-order valence-corrected chi connectivity index (χ1v) is 6.85. The van der Waals surface area contributed by atoms with E-state index in [0.29, 0.717) is 5.75 Å². The number of Topliss-reactive ketones (excluding diaryl/α,β-unsaturated/α-hetero) is 1. The molecule has 0 bridgehead atoms. The lowest BCUT2D eigenvalue weighted by molar-refractivity contribution is 0.0883. The van der Waals surface area contributed by atoms with Crippen LogP contribution in [-0.4, -0.2) is 18.6 Å². The number of carbonyl (C=O) groups excluding carboxylic acids is 1. The Kier molecular flexibility index (Phi) is 3.19. The van der Waals surface area contributed by atoms with Crippen molar-refractivity contribution in [2.45, 2.75) is 38.6 Å². The van der Waals surface area contributed by atoms with E-state index in [9.17, 15) is 4.79 Å². The number of rotatable bonds is 2. The molecule has 0 amide bonds. The van der Waals surface area contributed by atoms with Crippen molar-refractivity contribution in [2.75, 3.05) is 6.79 Å². The molecule has 0 atom stereocenters. The van der Waals surface area contributed by atoms with Gasteiger partial charge >= 0.3 is 0 Å². The van der Waals surface area contributed by atoms with Crippen molar-refractivity contribution in [3.63, 3.8) is 0 Å². The van der Waals surface area contributed by atoms with E-state index in [-0.39, 0.29) is 24.5 Å². The van der Waals surface area contributed by atoms with Crippen molar-refractivity contribution < 1.29 is 14.3 Å². The smallest absolute Gasteiger partial charge is 0.231 e. The van der Waals surface area contributed by atoms with E-state index in [4.69, 9.17) is 15.2 Å². The molecule has 2 aliphatic rings. The number of fused-ring (bicyclic) bond motifs is 1. The standard InChI is InChI=1S/C15H19NO3/c1-9-6-13-14(19-8-18-13)7-12(9)15(17)10-2-4-11(16)5-3-10/h6-7,10-11H,2-5,8,16H2,1H3. The third-order valence-electron chi connectivity index (χ3n) is 4.13. The molecule has 0 aromatic heterocycles. The van der Waals surface area contributed by atoms with Gasteiger partial charge in [-0.3, -0.25) is 4.79 Å². The van der Waals surface area contributed by atoms with E-state index in [2.05, 4.69) is 0 Å². The van der Waals surface area contributed by atoms with Crippen LogP contribution in [-0.2, 0) is 0 Å². The lowest BCUT2D eigenvalue weighted by Gasteiger charge is -2.25. The van der Waals surface area contributed by atoms with Crippen LogP contribution in [0.5, 0.6) is 11.5 Å². The van der Waals surface area contributed by atoms with Crippen LogP contribution >= 0.6 is 0 Å². The molecule has 4 nitrogen and oxygen atoms in total. The largest absolute Gasteiger partial charge is 0.454 e. The van der Waals surface area contributed by atoms with Crippen LogP contribution in [0.15, 0.2) is 12.1 Å². The molecule has 3 rings (SSSR count). The monoisotopic (exact) mass is 261 g/mol. The quantitative estimate of drug-likeness (QED) is 0.830. The fourth-order valence-electron chi connectivity index (χ4n) is 2.91. The first kappa shape index (κ1) is 12.5. The average molecular weight is 261 g/mol. The van der Waals surface area contributed by atoms with Crippen LogP contribution in [0.2, 0.25) is 0 Å². The summed E-state index contributed by atoms with van der Waals surface area (Å²) in [7, 11) is 0. The van der Waals surface area contributed by atoms with Crippen molar-refractivity contribution in [1.29, 1.82) is 0 Å². The summed E-state index contributed by atoms with van der Waals surface area (Å²) in [6.07, 6.45) is 3.68. The number of ketones is 1. The molecule has 4 heteroatoms. The number of carbonyl (C=O) groups is 1. The normalized spacial score (nSPS) is 25.4. The Balaban J connectivity index is 1.84. The minimum atomic E-state index is 0.110. The minimum Gasteiger partial charge on any atom is -0.454 e. The zero-order valence-corrected chi connectivity index (χ0v) is 11.1. The van der Waals surface area contributed by atoms with Crippen LogP contribution < -0.4 is 15.2 Å². The number of aryl methyl sites for hydroxylation is 1. The zero-order chi connectivity index (χ0) is 13.4. The Labute approximate surface area is 112 Å². The highest BCUT2D eigenvalue weighted by Gasteiger charge is 2.28. The van der Waals surface area contributed by atoms with Gasteiger partial charge in [0.2, 0.25) is 6.79 Å². The van der Waals surface area contributed by atoms with E-state index < -0.39 is 0 Å². The molecule has 0 radical (unpaired) electrons. The third-order valence-corrected chi connectivity index (χ3v) is 4.13. The zero-order valence-electron chi connectivity index (χ0n) is 11.1. The molecule has 2 N–H and O–H groups in total. The van der Waals surface area contributed by atoms with Gasteiger partial charge < -0.3 is 15.2 Å². The maximum absolute atomic E-state index is 12.6. The summed E-state index contributed by atoms with van der Waals surface area (Å²) in [5.41, 5.74) is 7.62. The maximum atomic E-state index is 12.6. The van der Waals surface area contributed by atoms with Crippen LogP contribution in [0.1, 0.15) is 41.6 Å². The van der Waals surface area contributed by atoms with Gasteiger partial charge in [-0.25, -0.2) is 0 Å². The van der Waals surface area contributed by atoms with Crippen LogP contribution in [0, 0.1) is 12.8 Å². The predicted molar refractivity (Wildman–Crippen MR) is 71.6 cm³/mol. The van der Waals surface area contributed by atoms with Crippen molar-refractivity contribution >= 4 is 5.78 Å². The third kappa shape index (κ3) is 2.32.